The molecule has 3 rings (SSSR count). The van der Waals surface area contributed by atoms with Crippen molar-refractivity contribution in [1.82, 2.24) is 10.2 Å². The van der Waals surface area contributed by atoms with Crippen LogP contribution in [0.2, 0.25) is 5.02 Å². The minimum atomic E-state index is -0.435. The van der Waals surface area contributed by atoms with E-state index in [1.54, 1.807) is 38.3 Å². The van der Waals surface area contributed by atoms with Crippen molar-refractivity contribution in [3.8, 4) is 17.2 Å². The Morgan fingerprint density at radius 3 is 2.62 bits per heavy atom. The van der Waals surface area contributed by atoms with E-state index in [4.69, 9.17) is 20.8 Å². The highest BCUT2D eigenvalue weighted by Crippen LogP contribution is 2.28. The van der Waals surface area contributed by atoms with Gasteiger partial charge in [0.15, 0.2) is 0 Å². The molecule has 134 valence electrons. The summed E-state index contributed by atoms with van der Waals surface area (Å²) in [6.45, 7) is 1.76. The third kappa shape index (κ3) is 4.36. The molecule has 0 fully saturated rings. The van der Waals surface area contributed by atoms with Gasteiger partial charge in [-0.3, -0.25) is 4.79 Å². The number of hydrogen-bond acceptors (Lipinski definition) is 6. The van der Waals surface area contributed by atoms with Gasteiger partial charge >= 0.3 is 0 Å². The SMILES string of the molecule is COc1ccc(-c2nnc(S[C@H](C)C(=O)Nc3ccccc3Cl)o2)cc1. The summed E-state index contributed by atoms with van der Waals surface area (Å²) >= 11 is 7.23. The number of amides is 1. The van der Waals surface area contributed by atoms with Crippen molar-refractivity contribution in [2.75, 3.05) is 12.4 Å². The lowest BCUT2D eigenvalue weighted by molar-refractivity contribution is -0.115. The number of methoxy groups -OCH3 is 1. The molecule has 1 heterocycles. The maximum absolute atomic E-state index is 12.3. The van der Waals surface area contributed by atoms with Gasteiger partial charge < -0.3 is 14.5 Å². The molecule has 0 radical (unpaired) electrons. The highest BCUT2D eigenvalue weighted by atomic mass is 35.5. The summed E-state index contributed by atoms with van der Waals surface area (Å²) in [5.74, 6) is 0.925. The van der Waals surface area contributed by atoms with Gasteiger partial charge in [-0.2, -0.15) is 0 Å². The largest absolute Gasteiger partial charge is 0.497 e. The molecule has 1 atom stereocenters. The van der Waals surface area contributed by atoms with E-state index in [1.165, 1.54) is 11.8 Å². The standard InChI is InChI=1S/C18H16ClN3O3S/c1-11(16(23)20-15-6-4-3-5-14(15)19)26-18-22-21-17(25-18)12-7-9-13(24-2)10-8-12/h3-11H,1-2H3,(H,20,23)/t11-/m1/s1. The van der Waals surface area contributed by atoms with Crippen LogP contribution in [0.3, 0.4) is 0 Å². The van der Waals surface area contributed by atoms with E-state index in [9.17, 15) is 4.79 Å². The predicted octanol–water partition coefficient (Wildman–Crippen LogP) is 4.52. The molecule has 1 aromatic heterocycles. The number of halogens is 1. The summed E-state index contributed by atoms with van der Waals surface area (Å²) in [6, 6.07) is 14.3. The summed E-state index contributed by atoms with van der Waals surface area (Å²) in [4.78, 5) is 12.3. The van der Waals surface area contributed by atoms with E-state index in [0.29, 0.717) is 21.8 Å². The zero-order valence-electron chi connectivity index (χ0n) is 14.1. The van der Waals surface area contributed by atoms with Crippen LogP contribution in [-0.2, 0) is 4.79 Å². The zero-order valence-corrected chi connectivity index (χ0v) is 15.7. The second-order valence-electron chi connectivity index (χ2n) is 5.33. The number of rotatable bonds is 6. The molecule has 0 aliphatic heterocycles. The molecule has 3 aromatic rings. The lowest BCUT2D eigenvalue weighted by atomic mass is 10.2. The van der Waals surface area contributed by atoms with Crippen molar-refractivity contribution in [2.24, 2.45) is 0 Å². The Kier molecular flexibility index (Phi) is 5.80. The van der Waals surface area contributed by atoms with Crippen LogP contribution in [0.1, 0.15) is 6.92 Å². The van der Waals surface area contributed by atoms with E-state index >= 15 is 0 Å². The fourth-order valence-electron chi connectivity index (χ4n) is 2.11. The Hall–Kier alpha value is -2.51. The van der Waals surface area contributed by atoms with Gasteiger partial charge in [-0.1, -0.05) is 35.5 Å². The molecule has 26 heavy (non-hydrogen) atoms. The highest BCUT2D eigenvalue weighted by Gasteiger charge is 2.19. The van der Waals surface area contributed by atoms with Gasteiger partial charge in [-0.15, -0.1) is 10.2 Å². The lowest BCUT2D eigenvalue weighted by Crippen LogP contribution is -2.22. The molecule has 0 saturated heterocycles. The number of carbonyl (C=O) groups excluding carboxylic acids is 1. The van der Waals surface area contributed by atoms with Crippen LogP contribution in [0.4, 0.5) is 5.69 Å². The molecule has 0 spiro atoms. The highest BCUT2D eigenvalue weighted by molar-refractivity contribution is 8.00. The summed E-state index contributed by atoms with van der Waals surface area (Å²) in [5, 5.41) is 11.2. The monoisotopic (exact) mass is 389 g/mol. The van der Waals surface area contributed by atoms with Gasteiger partial charge in [-0.05, 0) is 43.3 Å². The number of nitrogens with zero attached hydrogens (tertiary/aromatic N) is 2. The maximum atomic E-state index is 12.3. The number of benzene rings is 2. The minimum absolute atomic E-state index is 0.202. The van der Waals surface area contributed by atoms with Gasteiger partial charge in [-0.25, -0.2) is 0 Å². The molecule has 0 saturated carbocycles. The van der Waals surface area contributed by atoms with Gasteiger partial charge in [0, 0.05) is 5.56 Å². The van der Waals surface area contributed by atoms with Crippen LogP contribution >= 0.6 is 23.4 Å². The quantitative estimate of drug-likeness (QED) is 0.624. The third-order valence-corrected chi connectivity index (χ3v) is 4.79. The first-order valence-corrected chi connectivity index (χ1v) is 9.02. The number of para-hydroxylation sites is 1. The molecule has 0 unspecified atom stereocenters. The number of anilines is 1. The normalized spacial score (nSPS) is 11.8. The average molecular weight is 390 g/mol. The van der Waals surface area contributed by atoms with Crippen molar-refractivity contribution in [2.45, 2.75) is 17.4 Å². The number of carbonyl (C=O) groups is 1. The minimum Gasteiger partial charge on any atom is -0.497 e. The van der Waals surface area contributed by atoms with Gasteiger partial charge in [0.25, 0.3) is 5.22 Å². The first kappa shape index (κ1) is 18.3. The molecule has 1 N–H and O–H groups in total. The Morgan fingerprint density at radius 2 is 1.92 bits per heavy atom. The summed E-state index contributed by atoms with van der Waals surface area (Å²) in [5.41, 5.74) is 1.34. The van der Waals surface area contributed by atoms with Crippen LogP contribution < -0.4 is 10.1 Å². The van der Waals surface area contributed by atoms with E-state index < -0.39 is 5.25 Å². The van der Waals surface area contributed by atoms with Crippen LogP contribution in [0.25, 0.3) is 11.5 Å². The van der Waals surface area contributed by atoms with E-state index in [2.05, 4.69) is 15.5 Å². The third-order valence-electron chi connectivity index (χ3n) is 3.52. The van der Waals surface area contributed by atoms with Crippen LogP contribution in [-0.4, -0.2) is 28.5 Å². The smallest absolute Gasteiger partial charge is 0.277 e. The number of aromatic nitrogens is 2. The Labute approximate surface area is 159 Å². The summed E-state index contributed by atoms with van der Waals surface area (Å²) < 4.78 is 10.8. The molecule has 8 heteroatoms. The number of thioether (sulfide) groups is 1. The molecule has 0 aliphatic carbocycles. The first-order chi connectivity index (χ1) is 12.6. The molecular formula is C18H16ClN3O3S. The van der Waals surface area contributed by atoms with E-state index in [-0.39, 0.29) is 5.91 Å². The lowest BCUT2D eigenvalue weighted by Gasteiger charge is -2.10. The molecule has 0 bridgehead atoms. The number of ether oxygens (including phenoxy) is 1. The molecule has 0 aliphatic rings. The van der Waals surface area contributed by atoms with Gasteiger partial charge in [0.05, 0.1) is 23.1 Å². The van der Waals surface area contributed by atoms with Crippen molar-refractivity contribution in [3.05, 3.63) is 53.6 Å². The first-order valence-electron chi connectivity index (χ1n) is 7.77. The summed E-state index contributed by atoms with van der Waals surface area (Å²) in [7, 11) is 1.60. The Morgan fingerprint density at radius 1 is 1.19 bits per heavy atom. The van der Waals surface area contributed by atoms with E-state index in [0.717, 1.165) is 11.3 Å². The Balaban J connectivity index is 1.64. The molecule has 1 amide bonds. The topological polar surface area (TPSA) is 77.2 Å². The molecule has 2 aromatic carbocycles. The second-order valence-corrected chi connectivity index (χ2v) is 7.03. The van der Waals surface area contributed by atoms with Crippen LogP contribution in [0.15, 0.2) is 58.2 Å². The van der Waals surface area contributed by atoms with Gasteiger partial charge in [0.2, 0.25) is 11.8 Å². The number of hydrogen-bond donors (Lipinski definition) is 1. The van der Waals surface area contributed by atoms with E-state index in [1.807, 2.05) is 24.3 Å². The van der Waals surface area contributed by atoms with Crippen molar-refractivity contribution in [1.29, 1.82) is 0 Å². The fourth-order valence-corrected chi connectivity index (χ4v) is 2.98. The van der Waals surface area contributed by atoms with Crippen molar-refractivity contribution in [3.63, 3.8) is 0 Å². The second kappa shape index (κ2) is 8.25. The van der Waals surface area contributed by atoms with Crippen molar-refractivity contribution >= 4 is 35.0 Å². The Bertz CT molecular complexity index is 899. The summed E-state index contributed by atoms with van der Waals surface area (Å²) in [6.07, 6.45) is 0. The fraction of sp³-hybridized carbons (Fsp3) is 0.167. The van der Waals surface area contributed by atoms with Crippen LogP contribution in [0, 0.1) is 0 Å². The average Bonchev–Trinajstić information content (AvgIpc) is 3.12. The number of nitrogens with one attached hydrogen (secondary N) is 1. The molecule has 6 nitrogen and oxygen atoms in total. The molecular weight excluding hydrogens is 374 g/mol. The van der Waals surface area contributed by atoms with Crippen LogP contribution in [0.5, 0.6) is 5.75 Å². The maximum Gasteiger partial charge on any atom is 0.277 e. The van der Waals surface area contributed by atoms with Gasteiger partial charge in [0.1, 0.15) is 5.75 Å². The predicted molar refractivity (Wildman–Crippen MR) is 102 cm³/mol. The van der Waals surface area contributed by atoms with Crippen molar-refractivity contribution < 1.29 is 13.9 Å². The zero-order chi connectivity index (χ0) is 18.5.